The Bertz CT molecular complexity index is 1460. The normalized spacial score (nSPS) is 14.5. The largest absolute Gasteiger partial charge is 0.484 e. The molecule has 0 unspecified atom stereocenters. The van der Waals surface area contributed by atoms with Crippen molar-refractivity contribution in [3.05, 3.63) is 94.1 Å². The molecule has 0 aromatic heterocycles. The van der Waals surface area contributed by atoms with Crippen LogP contribution in [0, 0.1) is 27.7 Å². The number of ether oxygens (including phenoxy) is 1. The van der Waals surface area contributed by atoms with Gasteiger partial charge in [0.15, 0.2) is 11.7 Å². The number of amides is 3. The van der Waals surface area contributed by atoms with E-state index in [1.165, 1.54) is 11.0 Å². The van der Waals surface area contributed by atoms with Crippen LogP contribution in [0.2, 0.25) is 0 Å². The lowest BCUT2D eigenvalue weighted by molar-refractivity contribution is -0.122. The first kappa shape index (κ1) is 25.8. The van der Waals surface area contributed by atoms with Crippen LogP contribution in [-0.2, 0) is 14.4 Å². The molecular weight excluding hydrogens is 486 g/mol. The smallest absolute Gasteiger partial charge is 0.270 e. The highest BCUT2D eigenvalue weighted by atomic mass is 32.1. The zero-order valence-corrected chi connectivity index (χ0v) is 21.9. The first-order chi connectivity index (χ1) is 17.6. The summed E-state index contributed by atoms with van der Waals surface area (Å²) in [6, 6.07) is 18.0. The number of nitrogens with one attached hydrogen (secondary N) is 2. The van der Waals surface area contributed by atoms with Gasteiger partial charge in [0.2, 0.25) is 0 Å². The molecule has 0 bridgehead atoms. The molecule has 7 nitrogen and oxygen atoms in total. The Morgan fingerprint density at radius 2 is 1.65 bits per heavy atom. The lowest BCUT2D eigenvalue weighted by Gasteiger charge is -2.29. The average Bonchev–Trinajstić information content (AvgIpc) is 2.85. The molecule has 0 radical (unpaired) electrons. The molecule has 1 saturated heterocycles. The van der Waals surface area contributed by atoms with Crippen LogP contribution >= 0.6 is 12.2 Å². The molecule has 1 fully saturated rings. The van der Waals surface area contributed by atoms with Crippen LogP contribution in [0.5, 0.6) is 5.75 Å². The second-order valence-corrected chi connectivity index (χ2v) is 9.32. The number of carbonyl (C=O) groups excluding carboxylic acids is 3. The van der Waals surface area contributed by atoms with Gasteiger partial charge in [-0.05, 0) is 110 Å². The van der Waals surface area contributed by atoms with Gasteiger partial charge >= 0.3 is 0 Å². The van der Waals surface area contributed by atoms with Crippen LogP contribution in [0.3, 0.4) is 0 Å². The predicted molar refractivity (Wildman–Crippen MR) is 149 cm³/mol. The number of aryl methyl sites for hydroxylation is 4. The second-order valence-electron chi connectivity index (χ2n) is 8.93. The summed E-state index contributed by atoms with van der Waals surface area (Å²) in [5.41, 5.74) is 6.09. The van der Waals surface area contributed by atoms with Gasteiger partial charge in [-0.3, -0.25) is 24.6 Å². The third kappa shape index (κ3) is 5.92. The summed E-state index contributed by atoms with van der Waals surface area (Å²) in [6.45, 7) is 7.71. The third-order valence-electron chi connectivity index (χ3n) is 6.18. The summed E-state index contributed by atoms with van der Waals surface area (Å²) in [7, 11) is 0. The van der Waals surface area contributed by atoms with E-state index in [4.69, 9.17) is 17.0 Å². The monoisotopic (exact) mass is 513 g/mol. The van der Waals surface area contributed by atoms with E-state index in [0.29, 0.717) is 22.7 Å². The van der Waals surface area contributed by atoms with Crippen molar-refractivity contribution in [2.45, 2.75) is 27.7 Å². The van der Waals surface area contributed by atoms with Gasteiger partial charge in [0.05, 0.1) is 5.69 Å². The van der Waals surface area contributed by atoms with Crippen LogP contribution in [0.25, 0.3) is 6.08 Å². The van der Waals surface area contributed by atoms with Crippen molar-refractivity contribution >= 4 is 52.5 Å². The maximum absolute atomic E-state index is 13.3. The minimum Gasteiger partial charge on any atom is -0.484 e. The molecule has 1 aliphatic heterocycles. The molecule has 3 aromatic carbocycles. The fourth-order valence-corrected chi connectivity index (χ4v) is 4.06. The Kier molecular flexibility index (Phi) is 7.50. The molecule has 188 valence electrons. The first-order valence-corrected chi connectivity index (χ1v) is 12.1. The van der Waals surface area contributed by atoms with E-state index in [9.17, 15) is 14.4 Å². The van der Waals surface area contributed by atoms with Gasteiger partial charge in [0, 0.05) is 5.69 Å². The van der Waals surface area contributed by atoms with Gasteiger partial charge in [-0.25, -0.2) is 0 Å². The molecular formula is C29H27N3O4S. The van der Waals surface area contributed by atoms with Crippen molar-refractivity contribution in [2.75, 3.05) is 16.8 Å². The summed E-state index contributed by atoms with van der Waals surface area (Å²) in [5, 5.41) is 5.44. The van der Waals surface area contributed by atoms with Crippen LogP contribution < -0.4 is 20.3 Å². The van der Waals surface area contributed by atoms with E-state index in [2.05, 4.69) is 10.6 Å². The fraction of sp³-hybridized carbons (Fsp3) is 0.172. The Morgan fingerprint density at radius 1 is 0.946 bits per heavy atom. The van der Waals surface area contributed by atoms with Gasteiger partial charge in [0.1, 0.15) is 11.3 Å². The minimum atomic E-state index is -0.575. The lowest BCUT2D eigenvalue weighted by atomic mass is 10.1. The van der Waals surface area contributed by atoms with Crippen molar-refractivity contribution < 1.29 is 19.1 Å². The van der Waals surface area contributed by atoms with E-state index in [1.54, 1.807) is 30.3 Å². The average molecular weight is 514 g/mol. The fourth-order valence-electron chi connectivity index (χ4n) is 3.78. The molecule has 0 aliphatic carbocycles. The van der Waals surface area contributed by atoms with E-state index < -0.39 is 11.8 Å². The predicted octanol–water partition coefficient (Wildman–Crippen LogP) is 4.77. The number of nitrogens with zero attached hydrogens (tertiary/aromatic N) is 1. The van der Waals surface area contributed by atoms with Crippen molar-refractivity contribution in [3.8, 4) is 5.75 Å². The van der Waals surface area contributed by atoms with Gasteiger partial charge in [0.25, 0.3) is 17.7 Å². The van der Waals surface area contributed by atoms with Crippen LogP contribution in [0.15, 0.2) is 66.2 Å². The number of rotatable bonds is 6. The van der Waals surface area contributed by atoms with Gasteiger partial charge in [-0.1, -0.05) is 24.3 Å². The molecule has 4 rings (SSSR count). The Labute approximate surface area is 221 Å². The summed E-state index contributed by atoms with van der Waals surface area (Å²) < 4.78 is 5.65. The zero-order chi connectivity index (χ0) is 26.7. The van der Waals surface area contributed by atoms with E-state index >= 15 is 0 Å². The number of hydrogen-bond acceptors (Lipinski definition) is 5. The van der Waals surface area contributed by atoms with E-state index in [0.717, 1.165) is 22.3 Å². The first-order valence-electron chi connectivity index (χ1n) is 11.7. The Hall–Kier alpha value is -4.30. The van der Waals surface area contributed by atoms with Crippen molar-refractivity contribution in [2.24, 2.45) is 0 Å². The van der Waals surface area contributed by atoms with E-state index in [-0.39, 0.29) is 23.2 Å². The summed E-state index contributed by atoms with van der Waals surface area (Å²) in [4.78, 5) is 39.6. The lowest BCUT2D eigenvalue weighted by Crippen LogP contribution is -2.54. The van der Waals surface area contributed by atoms with Crippen molar-refractivity contribution in [1.82, 2.24) is 5.32 Å². The summed E-state index contributed by atoms with van der Waals surface area (Å²) in [6.07, 6.45) is 1.48. The maximum atomic E-state index is 13.3. The topological polar surface area (TPSA) is 87.7 Å². The Morgan fingerprint density at radius 3 is 2.35 bits per heavy atom. The molecule has 1 aliphatic rings. The highest BCUT2D eigenvalue weighted by molar-refractivity contribution is 7.80. The van der Waals surface area contributed by atoms with Crippen molar-refractivity contribution in [1.29, 1.82) is 0 Å². The standard InChI is InChI=1S/C29H27N3O4S/c1-17-8-10-22(12-19(17)3)30-26(33)16-36-24-7-5-6-21(14-24)15-25-27(34)31-29(37)32(28(25)35)23-11-9-18(2)20(4)13-23/h5-15H,16H2,1-4H3,(H,30,33)(H,31,34,37)/b25-15+. The van der Waals surface area contributed by atoms with Crippen LogP contribution in [0.4, 0.5) is 11.4 Å². The quantitative estimate of drug-likeness (QED) is 0.282. The molecule has 0 spiro atoms. The van der Waals surface area contributed by atoms with Crippen molar-refractivity contribution in [3.63, 3.8) is 0 Å². The molecule has 2 N–H and O–H groups in total. The SMILES string of the molecule is Cc1ccc(NC(=O)COc2cccc(/C=C3\C(=O)NC(=S)N(c4ccc(C)c(C)c4)C3=O)c2)cc1C. The highest BCUT2D eigenvalue weighted by Crippen LogP contribution is 2.25. The number of anilines is 2. The maximum Gasteiger partial charge on any atom is 0.270 e. The molecule has 1 heterocycles. The molecule has 37 heavy (non-hydrogen) atoms. The van der Waals surface area contributed by atoms with E-state index in [1.807, 2.05) is 58.0 Å². The van der Waals surface area contributed by atoms with Gasteiger partial charge < -0.3 is 10.1 Å². The third-order valence-corrected chi connectivity index (χ3v) is 6.46. The summed E-state index contributed by atoms with van der Waals surface area (Å²) >= 11 is 5.28. The number of thiocarbonyl (C=S) groups is 1. The van der Waals surface area contributed by atoms with Gasteiger partial charge in [-0.2, -0.15) is 0 Å². The number of hydrogen-bond donors (Lipinski definition) is 2. The molecule has 3 aromatic rings. The molecule has 8 heteroatoms. The minimum absolute atomic E-state index is 0.0299. The Balaban J connectivity index is 1.49. The van der Waals surface area contributed by atoms with Gasteiger partial charge in [-0.15, -0.1) is 0 Å². The zero-order valence-electron chi connectivity index (χ0n) is 21.0. The van der Waals surface area contributed by atoms with Crippen LogP contribution in [0.1, 0.15) is 27.8 Å². The molecule has 3 amide bonds. The van der Waals surface area contributed by atoms with Crippen LogP contribution in [-0.4, -0.2) is 29.4 Å². The molecule has 0 atom stereocenters. The second kappa shape index (κ2) is 10.8. The number of carbonyl (C=O) groups is 3. The summed E-state index contributed by atoms with van der Waals surface area (Å²) in [5.74, 6) is -0.966. The highest BCUT2D eigenvalue weighted by Gasteiger charge is 2.34. The molecule has 0 saturated carbocycles. The number of benzene rings is 3.